The number of para-hydroxylation sites is 2. The molecule has 0 spiro atoms. The molecule has 2 aliphatic heterocycles. The average molecular weight is 477 g/mol. The molecule has 3 aromatic rings. The number of carbonyl (C=O) groups excluding carboxylic acids is 2. The molecule has 2 aromatic carbocycles. The van der Waals surface area contributed by atoms with Gasteiger partial charge in [0.05, 0.1) is 29.0 Å². The molecule has 0 unspecified atom stereocenters. The van der Waals surface area contributed by atoms with Crippen molar-refractivity contribution in [2.45, 2.75) is 38.1 Å². The Morgan fingerprint density at radius 3 is 2.56 bits per heavy atom. The van der Waals surface area contributed by atoms with Crippen LogP contribution in [0.3, 0.4) is 0 Å². The predicted molar refractivity (Wildman–Crippen MR) is 133 cm³/mol. The van der Waals surface area contributed by atoms with E-state index in [9.17, 15) is 9.59 Å². The van der Waals surface area contributed by atoms with E-state index in [0.29, 0.717) is 36.7 Å². The van der Waals surface area contributed by atoms with E-state index in [1.807, 2.05) is 41.3 Å². The summed E-state index contributed by atoms with van der Waals surface area (Å²) in [5.41, 5.74) is 9.67. The quantitative estimate of drug-likeness (QED) is 0.555. The van der Waals surface area contributed by atoms with Gasteiger partial charge in [-0.3, -0.25) is 9.59 Å². The Hall–Kier alpha value is -3.23. The lowest BCUT2D eigenvalue weighted by Crippen LogP contribution is -2.35. The Bertz CT molecular complexity index is 1220. The number of aromatic nitrogens is 1. The number of hydrogen-bond acceptors (Lipinski definition) is 6. The van der Waals surface area contributed by atoms with E-state index in [1.54, 1.807) is 30.4 Å². The number of ether oxygens (including phenoxy) is 1. The Morgan fingerprint density at radius 1 is 1.12 bits per heavy atom. The topological polar surface area (TPSA) is 97.6 Å². The van der Waals surface area contributed by atoms with Crippen molar-refractivity contribution in [3.05, 3.63) is 75.2 Å². The summed E-state index contributed by atoms with van der Waals surface area (Å²) in [6, 6.07) is 15.0. The summed E-state index contributed by atoms with van der Waals surface area (Å²) in [5.74, 6) is -0.0907. The first kappa shape index (κ1) is 22.6. The van der Waals surface area contributed by atoms with Gasteiger partial charge in [0.1, 0.15) is 5.01 Å². The normalized spacial score (nSPS) is 17.1. The molecule has 8 heteroatoms. The van der Waals surface area contributed by atoms with Crippen LogP contribution in [0.25, 0.3) is 0 Å². The summed E-state index contributed by atoms with van der Waals surface area (Å²) in [5, 5.41) is 3.97. The van der Waals surface area contributed by atoms with E-state index in [1.165, 1.54) is 4.88 Å². The van der Waals surface area contributed by atoms with Crippen LogP contribution >= 0.6 is 11.3 Å². The molecule has 3 N–H and O–H groups in total. The van der Waals surface area contributed by atoms with E-state index < -0.39 is 0 Å². The minimum Gasteiger partial charge on any atom is -0.397 e. The molecule has 0 bridgehead atoms. The van der Waals surface area contributed by atoms with Crippen LogP contribution in [-0.2, 0) is 27.9 Å². The van der Waals surface area contributed by atoms with Crippen molar-refractivity contribution in [3.8, 4) is 0 Å². The highest BCUT2D eigenvalue weighted by Crippen LogP contribution is 2.44. The zero-order chi connectivity index (χ0) is 23.7. The number of nitrogens with two attached hydrogens (primary N) is 1. The summed E-state index contributed by atoms with van der Waals surface area (Å²) in [4.78, 5) is 32.8. The Kier molecular flexibility index (Phi) is 6.10. The molecule has 176 valence electrons. The highest BCUT2D eigenvalue weighted by molar-refractivity contribution is 7.12. The van der Waals surface area contributed by atoms with E-state index in [0.717, 1.165) is 42.1 Å². The van der Waals surface area contributed by atoms with Gasteiger partial charge in [0.2, 0.25) is 5.91 Å². The number of amides is 2. The average Bonchev–Trinajstić information content (AvgIpc) is 3.30. The van der Waals surface area contributed by atoms with E-state index >= 15 is 0 Å². The van der Waals surface area contributed by atoms with E-state index in [4.69, 9.17) is 15.5 Å². The second-order valence-electron chi connectivity index (χ2n) is 8.89. The number of nitrogen functional groups attached to an aromatic ring is 1. The number of rotatable bonds is 4. The van der Waals surface area contributed by atoms with Crippen molar-refractivity contribution in [1.82, 2.24) is 9.88 Å². The maximum Gasteiger partial charge on any atom is 0.255 e. The molecule has 0 radical (unpaired) electrons. The van der Waals surface area contributed by atoms with Crippen LogP contribution in [-0.4, -0.2) is 41.5 Å². The number of anilines is 2. The fraction of sp³-hybridized carbons (Fsp3) is 0.346. The van der Waals surface area contributed by atoms with Crippen LogP contribution in [0, 0.1) is 0 Å². The zero-order valence-electron chi connectivity index (χ0n) is 19.2. The van der Waals surface area contributed by atoms with Crippen LogP contribution in [0.15, 0.2) is 48.5 Å². The summed E-state index contributed by atoms with van der Waals surface area (Å²) in [6.07, 6.45) is 2.46. The van der Waals surface area contributed by atoms with Crippen molar-refractivity contribution in [2.75, 3.05) is 30.8 Å². The highest BCUT2D eigenvalue weighted by Gasteiger charge is 2.40. The number of hydrogen-bond donors (Lipinski definition) is 2. The number of nitrogens with one attached hydrogen (secondary N) is 1. The van der Waals surface area contributed by atoms with Crippen LogP contribution in [0.5, 0.6) is 0 Å². The van der Waals surface area contributed by atoms with Crippen molar-refractivity contribution in [1.29, 1.82) is 0 Å². The maximum atomic E-state index is 12.8. The second kappa shape index (κ2) is 9.19. The fourth-order valence-electron chi connectivity index (χ4n) is 4.76. The van der Waals surface area contributed by atoms with E-state index in [2.05, 4.69) is 5.32 Å². The fourth-order valence-corrected chi connectivity index (χ4v) is 6.15. The minimum absolute atomic E-state index is 0.104. The molecule has 1 aromatic heterocycles. The van der Waals surface area contributed by atoms with Crippen molar-refractivity contribution >= 4 is 34.5 Å². The van der Waals surface area contributed by atoms with Gasteiger partial charge in [0, 0.05) is 43.5 Å². The third-order valence-electron chi connectivity index (χ3n) is 6.84. The number of benzene rings is 2. The van der Waals surface area contributed by atoms with Gasteiger partial charge in [0.25, 0.3) is 5.91 Å². The first-order valence-electron chi connectivity index (χ1n) is 11.5. The highest BCUT2D eigenvalue weighted by atomic mass is 32.1. The van der Waals surface area contributed by atoms with Gasteiger partial charge in [-0.25, -0.2) is 4.98 Å². The van der Waals surface area contributed by atoms with Gasteiger partial charge in [-0.2, -0.15) is 0 Å². The molecule has 1 fully saturated rings. The molecule has 34 heavy (non-hydrogen) atoms. The molecule has 7 nitrogen and oxygen atoms in total. The van der Waals surface area contributed by atoms with Gasteiger partial charge in [-0.05, 0) is 42.7 Å². The molecule has 2 amide bonds. The molecular weight excluding hydrogens is 448 g/mol. The molecular formula is C26H28N4O3S. The van der Waals surface area contributed by atoms with Gasteiger partial charge in [-0.1, -0.05) is 24.3 Å². The first-order chi connectivity index (χ1) is 16.5. The molecule has 3 heterocycles. The number of fused-ring (bicyclic) bond motifs is 1. The SMILES string of the molecule is CC(=O)N1CCc2nc(C3(c4ccc(C(=O)Nc5ccccc5N)cc4)CCOCC3)sc2C1. The lowest BCUT2D eigenvalue weighted by atomic mass is 9.74. The van der Waals surface area contributed by atoms with Crippen LogP contribution in [0.4, 0.5) is 11.4 Å². The second-order valence-corrected chi connectivity index (χ2v) is 9.98. The Balaban J connectivity index is 1.43. The van der Waals surface area contributed by atoms with Crippen LogP contribution in [0.1, 0.15) is 51.3 Å². The smallest absolute Gasteiger partial charge is 0.255 e. The van der Waals surface area contributed by atoms with Gasteiger partial charge < -0.3 is 20.7 Å². The Morgan fingerprint density at radius 2 is 1.85 bits per heavy atom. The minimum atomic E-state index is -0.250. The van der Waals surface area contributed by atoms with Crippen molar-refractivity contribution in [3.63, 3.8) is 0 Å². The lowest BCUT2D eigenvalue weighted by Gasteiger charge is -2.36. The van der Waals surface area contributed by atoms with E-state index in [-0.39, 0.29) is 17.2 Å². The molecule has 0 saturated carbocycles. The molecule has 0 atom stereocenters. The summed E-state index contributed by atoms with van der Waals surface area (Å²) >= 11 is 1.72. The standard InChI is InChI=1S/C26H28N4O3S/c1-17(31)30-13-10-22-23(16-30)34-25(29-22)26(11-14-33-15-12-26)19-8-6-18(7-9-19)24(32)28-21-5-3-2-4-20(21)27/h2-9H,10-16,27H2,1H3,(H,28,32). The third kappa shape index (κ3) is 4.19. The van der Waals surface area contributed by atoms with Crippen LogP contribution in [0.2, 0.25) is 0 Å². The lowest BCUT2D eigenvalue weighted by molar-refractivity contribution is -0.129. The maximum absolute atomic E-state index is 12.8. The predicted octanol–water partition coefficient (Wildman–Crippen LogP) is 3.98. The molecule has 0 aliphatic carbocycles. The number of nitrogens with zero attached hydrogens (tertiary/aromatic N) is 2. The summed E-state index contributed by atoms with van der Waals surface area (Å²) < 4.78 is 5.71. The molecule has 1 saturated heterocycles. The van der Waals surface area contributed by atoms with Gasteiger partial charge in [0.15, 0.2) is 0 Å². The largest absolute Gasteiger partial charge is 0.397 e. The number of thiazole rings is 1. The van der Waals surface area contributed by atoms with Gasteiger partial charge >= 0.3 is 0 Å². The van der Waals surface area contributed by atoms with Crippen molar-refractivity contribution in [2.24, 2.45) is 0 Å². The molecule has 5 rings (SSSR count). The zero-order valence-corrected chi connectivity index (χ0v) is 20.0. The molecule has 2 aliphatic rings. The first-order valence-corrected chi connectivity index (χ1v) is 12.4. The summed E-state index contributed by atoms with van der Waals surface area (Å²) in [6.45, 7) is 4.31. The Labute approximate surface area is 202 Å². The van der Waals surface area contributed by atoms with Gasteiger partial charge in [-0.15, -0.1) is 11.3 Å². The third-order valence-corrected chi connectivity index (χ3v) is 8.13. The summed E-state index contributed by atoms with van der Waals surface area (Å²) in [7, 11) is 0. The van der Waals surface area contributed by atoms with Crippen molar-refractivity contribution < 1.29 is 14.3 Å². The monoisotopic (exact) mass is 476 g/mol. The van der Waals surface area contributed by atoms with Crippen LogP contribution < -0.4 is 11.1 Å². The number of carbonyl (C=O) groups is 2.